The Labute approximate surface area is 153 Å². The summed E-state index contributed by atoms with van der Waals surface area (Å²) in [5.74, 6) is 0. The second-order valence-electron chi connectivity index (χ2n) is 7.75. The lowest BCUT2D eigenvalue weighted by atomic mass is 9.92. The number of aromatic nitrogens is 1. The number of nitrogens with one attached hydrogen (secondary N) is 1. The van der Waals surface area contributed by atoms with Gasteiger partial charge in [-0.1, -0.05) is 0 Å². The molecule has 0 unspecified atom stereocenters. The van der Waals surface area contributed by atoms with E-state index < -0.39 is 0 Å². The van der Waals surface area contributed by atoms with Crippen molar-refractivity contribution in [1.82, 2.24) is 20.1 Å². The Balaban J connectivity index is 1.24. The van der Waals surface area contributed by atoms with Crippen LogP contribution in [0.25, 0.3) is 0 Å². The molecule has 1 saturated carbocycles. The average Bonchev–Trinajstić information content (AvgIpc) is 3.08. The van der Waals surface area contributed by atoms with Gasteiger partial charge in [0.1, 0.15) is 5.01 Å². The van der Waals surface area contributed by atoms with Crippen molar-refractivity contribution < 1.29 is 9.53 Å². The highest BCUT2D eigenvalue weighted by Gasteiger charge is 2.56. The van der Waals surface area contributed by atoms with Crippen LogP contribution in [-0.2, 0) is 11.3 Å². The van der Waals surface area contributed by atoms with E-state index in [9.17, 15) is 4.79 Å². The van der Waals surface area contributed by atoms with Crippen LogP contribution in [0.4, 0.5) is 4.79 Å². The number of urea groups is 1. The molecule has 1 atom stereocenters. The maximum Gasteiger partial charge on any atom is 0.317 e. The first-order chi connectivity index (χ1) is 12.2. The Morgan fingerprint density at radius 3 is 2.88 bits per heavy atom. The molecule has 138 valence electrons. The number of likely N-dealkylation sites (tertiary alicyclic amines) is 1. The molecule has 2 aliphatic heterocycles. The molecule has 3 aliphatic rings. The van der Waals surface area contributed by atoms with E-state index in [1.54, 1.807) is 11.3 Å². The van der Waals surface area contributed by atoms with Crippen LogP contribution in [-0.4, -0.2) is 66.2 Å². The number of amides is 2. The average molecular weight is 365 g/mol. The van der Waals surface area contributed by atoms with Crippen molar-refractivity contribution in [2.24, 2.45) is 5.41 Å². The van der Waals surface area contributed by atoms with Crippen molar-refractivity contribution in [2.75, 3.05) is 33.4 Å². The zero-order valence-corrected chi connectivity index (χ0v) is 15.8. The normalized spacial score (nSPS) is 26.2. The van der Waals surface area contributed by atoms with Gasteiger partial charge >= 0.3 is 6.03 Å². The predicted molar refractivity (Wildman–Crippen MR) is 97.6 cm³/mol. The Hall–Kier alpha value is -1.18. The van der Waals surface area contributed by atoms with Crippen LogP contribution in [0.2, 0.25) is 0 Å². The third kappa shape index (κ3) is 3.83. The van der Waals surface area contributed by atoms with Crippen molar-refractivity contribution in [3.05, 3.63) is 16.6 Å². The van der Waals surface area contributed by atoms with E-state index in [-0.39, 0.29) is 12.1 Å². The highest BCUT2D eigenvalue weighted by Crippen LogP contribution is 2.56. The molecular weight excluding hydrogens is 336 g/mol. The summed E-state index contributed by atoms with van der Waals surface area (Å²) in [4.78, 5) is 21.3. The van der Waals surface area contributed by atoms with Crippen LogP contribution >= 0.6 is 11.3 Å². The Kier molecular flexibility index (Phi) is 4.97. The minimum Gasteiger partial charge on any atom is -0.381 e. The summed E-state index contributed by atoms with van der Waals surface area (Å²) in [5.41, 5.74) is 0.432. The molecule has 6 nitrogen and oxygen atoms in total. The fraction of sp³-hybridized carbons (Fsp3) is 0.778. The Morgan fingerprint density at radius 2 is 2.20 bits per heavy atom. The Morgan fingerprint density at radius 1 is 1.44 bits per heavy atom. The van der Waals surface area contributed by atoms with Crippen LogP contribution in [0.1, 0.15) is 37.1 Å². The molecule has 0 radical (unpaired) electrons. The first-order valence-corrected chi connectivity index (χ1v) is 10.3. The number of nitrogens with zero attached hydrogens (tertiary/aromatic N) is 3. The summed E-state index contributed by atoms with van der Waals surface area (Å²) in [6.07, 6.45) is 7.28. The lowest BCUT2D eigenvalue weighted by molar-refractivity contribution is 0.0765. The minimum absolute atomic E-state index is 0.120. The number of rotatable bonds is 4. The molecule has 1 spiro atoms. The molecule has 1 aromatic rings. The first kappa shape index (κ1) is 17.2. The Bertz CT molecular complexity index is 580. The van der Waals surface area contributed by atoms with E-state index in [0.717, 1.165) is 58.5 Å². The van der Waals surface area contributed by atoms with E-state index in [4.69, 9.17) is 4.74 Å². The van der Waals surface area contributed by atoms with Crippen molar-refractivity contribution in [3.63, 3.8) is 0 Å². The minimum atomic E-state index is 0.120. The molecule has 0 bridgehead atoms. The lowest BCUT2D eigenvalue weighted by Crippen LogP contribution is -2.50. The summed E-state index contributed by atoms with van der Waals surface area (Å²) in [5, 5.41) is 6.43. The maximum atomic E-state index is 12.5. The van der Waals surface area contributed by atoms with Crippen molar-refractivity contribution in [2.45, 2.75) is 50.7 Å². The second kappa shape index (κ2) is 7.21. The monoisotopic (exact) mass is 364 g/mol. The van der Waals surface area contributed by atoms with Crippen LogP contribution in [0.5, 0.6) is 0 Å². The van der Waals surface area contributed by atoms with Gasteiger partial charge in [-0.3, -0.25) is 4.90 Å². The van der Waals surface area contributed by atoms with Gasteiger partial charge in [0.2, 0.25) is 0 Å². The highest BCUT2D eigenvalue weighted by molar-refractivity contribution is 7.09. The van der Waals surface area contributed by atoms with E-state index in [1.807, 2.05) is 16.5 Å². The molecule has 4 rings (SSSR count). The first-order valence-electron chi connectivity index (χ1n) is 9.38. The zero-order chi connectivity index (χ0) is 17.3. The summed E-state index contributed by atoms with van der Waals surface area (Å²) in [7, 11) is 2.21. The number of piperidine rings is 1. The number of carbonyl (C=O) groups excluding carboxylic acids is 1. The fourth-order valence-corrected chi connectivity index (χ4v) is 5.08. The zero-order valence-electron chi connectivity index (χ0n) is 14.9. The van der Waals surface area contributed by atoms with Crippen molar-refractivity contribution in [3.8, 4) is 0 Å². The van der Waals surface area contributed by atoms with E-state index in [0.29, 0.717) is 11.5 Å². The van der Waals surface area contributed by atoms with Gasteiger partial charge in [-0.25, -0.2) is 9.78 Å². The van der Waals surface area contributed by atoms with Crippen LogP contribution in [0.15, 0.2) is 11.6 Å². The molecule has 2 saturated heterocycles. The second-order valence-corrected chi connectivity index (χ2v) is 8.73. The van der Waals surface area contributed by atoms with Crippen LogP contribution in [0, 0.1) is 5.41 Å². The SMILES string of the molecule is CN(Cc1nccs1)[C@H]1CC12CCN(C(=O)NC1CCOCC1)CC2. The van der Waals surface area contributed by atoms with E-state index >= 15 is 0 Å². The molecule has 3 heterocycles. The van der Waals surface area contributed by atoms with Gasteiger partial charge in [0.25, 0.3) is 0 Å². The summed E-state index contributed by atoms with van der Waals surface area (Å²) >= 11 is 1.73. The predicted octanol–water partition coefficient (Wildman–Crippen LogP) is 2.32. The molecule has 25 heavy (non-hydrogen) atoms. The number of thiazole rings is 1. The van der Waals surface area contributed by atoms with Gasteiger partial charge < -0.3 is 15.0 Å². The van der Waals surface area contributed by atoms with Crippen LogP contribution in [0.3, 0.4) is 0 Å². The van der Waals surface area contributed by atoms with Crippen molar-refractivity contribution >= 4 is 17.4 Å². The summed E-state index contributed by atoms with van der Waals surface area (Å²) in [6, 6.07) is 1.06. The van der Waals surface area contributed by atoms with Gasteiger partial charge in [0, 0.05) is 50.0 Å². The molecule has 1 aliphatic carbocycles. The number of ether oxygens (including phenoxy) is 1. The molecular formula is C18H28N4O2S. The molecule has 7 heteroatoms. The van der Waals surface area contributed by atoms with Gasteiger partial charge in [-0.15, -0.1) is 11.3 Å². The van der Waals surface area contributed by atoms with E-state index in [1.165, 1.54) is 11.4 Å². The summed E-state index contributed by atoms with van der Waals surface area (Å²) in [6.45, 7) is 4.24. The fourth-order valence-electron chi connectivity index (χ4n) is 4.40. The number of hydrogen-bond acceptors (Lipinski definition) is 5. The standard InChI is InChI=1S/C18H28N4O2S/c1-21(13-16-19-6-11-25-16)15-12-18(15)4-7-22(8-5-18)17(23)20-14-2-9-24-10-3-14/h6,11,14-15H,2-5,7-10,12-13H2,1H3,(H,20,23)/t15-/m0/s1. The maximum absolute atomic E-state index is 12.5. The molecule has 3 fully saturated rings. The van der Waals surface area contributed by atoms with Gasteiger partial charge in [-0.2, -0.15) is 0 Å². The molecule has 1 N–H and O–H groups in total. The largest absolute Gasteiger partial charge is 0.381 e. The number of carbonyl (C=O) groups is 1. The third-order valence-corrected chi connectivity index (χ3v) is 6.91. The topological polar surface area (TPSA) is 57.7 Å². The van der Waals surface area contributed by atoms with Crippen LogP contribution < -0.4 is 5.32 Å². The molecule has 2 amide bonds. The molecule has 1 aromatic heterocycles. The smallest absolute Gasteiger partial charge is 0.317 e. The third-order valence-electron chi connectivity index (χ3n) is 6.14. The van der Waals surface area contributed by atoms with Gasteiger partial charge in [0.05, 0.1) is 6.54 Å². The lowest BCUT2D eigenvalue weighted by Gasteiger charge is -2.35. The summed E-state index contributed by atoms with van der Waals surface area (Å²) < 4.78 is 5.36. The quantitative estimate of drug-likeness (QED) is 0.891. The van der Waals surface area contributed by atoms with Crippen molar-refractivity contribution in [1.29, 1.82) is 0 Å². The van der Waals surface area contributed by atoms with E-state index in [2.05, 4.69) is 22.2 Å². The van der Waals surface area contributed by atoms with Gasteiger partial charge in [0.15, 0.2) is 0 Å². The van der Waals surface area contributed by atoms with Gasteiger partial charge in [-0.05, 0) is 44.6 Å². The molecule has 0 aromatic carbocycles. The highest BCUT2D eigenvalue weighted by atomic mass is 32.1. The number of hydrogen-bond donors (Lipinski definition) is 1.